The summed E-state index contributed by atoms with van der Waals surface area (Å²) in [5, 5.41) is 0. The van der Waals surface area contributed by atoms with Crippen LogP contribution in [0.2, 0.25) is 0 Å². The quantitative estimate of drug-likeness (QED) is 0.837. The topological polar surface area (TPSA) is 20.3 Å². The first-order chi connectivity index (χ1) is 10.3. The molecule has 1 saturated carbocycles. The van der Waals surface area contributed by atoms with Crippen molar-refractivity contribution < 1.29 is 4.79 Å². The molecule has 114 valence electrons. The van der Waals surface area contributed by atoms with E-state index in [1.54, 1.807) is 0 Å². The number of likely N-dealkylation sites (tertiary alicyclic amines) is 1. The minimum Gasteiger partial charge on any atom is -0.302 e. The van der Waals surface area contributed by atoms with Crippen LogP contribution in [0.15, 0.2) is 30.3 Å². The number of carbonyl (C=O) groups excluding carboxylic acids is 1. The molecule has 21 heavy (non-hydrogen) atoms. The van der Waals surface area contributed by atoms with Crippen LogP contribution in [0.4, 0.5) is 0 Å². The minimum absolute atomic E-state index is 0.304. The summed E-state index contributed by atoms with van der Waals surface area (Å²) >= 11 is 0. The van der Waals surface area contributed by atoms with Crippen molar-refractivity contribution >= 4 is 5.78 Å². The van der Waals surface area contributed by atoms with Gasteiger partial charge >= 0.3 is 0 Å². The highest BCUT2D eigenvalue weighted by molar-refractivity contribution is 5.82. The molecule has 0 aromatic heterocycles. The Hall–Kier alpha value is -1.15. The van der Waals surface area contributed by atoms with E-state index >= 15 is 0 Å². The van der Waals surface area contributed by atoms with E-state index in [1.165, 1.54) is 18.4 Å². The van der Waals surface area contributed by atoms with Gasteiger partial charge in [-0.15, -0.1) is 0 Å². The summed E-state index contributed by atoms with van der Waals surface area (Å²) in [5.74, 6) is 2.26. The van der Waals surface area contributed by atoms with Gasteiger partial charge in [-0.1, -0.05) is 43.7 Å². The summed E-state index contributed by atoms with van der Waals surface area (Å²) in [4.78, 5) is 14.7. The highest BCUT2D eigenvalue weighted by Gasteiger charge is 2.32. The first kappa shape index (κ1) is 14.8. The van der Waals surface area contributed by atoms with Crippen LogP contribution >= 0.6 is 0 Å². The maximum absolute atomic E-state index is 12.2. The standard InChI is InChI=1S/C19H27NO/c1-2-15-8-9-19(21)18(12-15)14-20-11-10-17(13-20)16-6-4-3-5-7-16/h3-7,15,17-18H,2,8-14H2,1H3. The molecule has 3 atom stereocenters. The lowest BCUT2D eigenvalue weighted by Crippen LogP contribution is -2.35. The summed E-state index contributed by atoms with van der Waals surface area (Å²) < 4.78 is 0. The molecule has 1 aromatic rings. The second kappa shape index (κ2) is 6.74. The number of Topliss-reactive ketones (excluding diaryl/α,β-unsaturated/α-hetero) is 1. The Labute approximate surface area is 128 Å². The number of carbonyl (C=O) groups is 1. The van der Waals surface area contributed by atoms with Crippen LogP contribution < -0.4 is 0 Å². The zero-order valence-corrected chi connectivity index (χ0v) is 13.1. The van der Waals surface area contributed by atoms with Gasteiger partial charge in [0, 0.05) is 25.4 Å². The fourth-order valence-corrected chi connectivity index (χ4v) is 4.06. The first-order valence-electron chi connectivity index (χ1n) is 8.56. The van der Waals surface area contributed by atoms with Gasteiger partial charge in [0.15, 0.2) is 0 Å². The van der Waals surface area contributed by atoms with Crippen molar-refractivity contribution in [2.75, 3.05) is 19.6 Å². The Bertz CT molecular complexity index is 470. The van der Waals surface area contributed by atoms with Crippen molar-refractivity contribution in [3.8, 4) is 0 Å². The molecule has 2 nitrogen and oxygen atoms in total. The number of hydrogen-bond acceptors (Lipinski definition) is 2. The molecule has 1 aliphatic heterocycles. The van der Waals surface area contributed by atoms with Gasteiger partial charge in [0.05, 0.1) is 0 Å². The number of nitrogens with zero attached hydrogens (tertiary/aromatic N) is 1. The molecular formula is C19H27NO. The monoisotopic (exact) mass is 285 g/mol. The van der Waals surface area contributed by atoms with Crippen LogP contribution in [-0.2, 0) is 4.79 Å². The summed E-state index contributed by atoms with van der Waals surface area (Å²) in [6, 6.07) is 10.8. The predicted octanol–water partition coefficient (Wildman–Crippen LogP) is 3.87. The maximum Gasteiger partial charge on any atom is 0.137 e. The molecule has 2 fully saturated rings. The van der Waals surface area contributed by atoms with Gasteiger partial charge in [0.25, 0.3) is 0 Å². The SMILES string of the molecule is CCC1CCC(=O)C(CN2CCC(c3ccccc3)C2)C1. The van der Waals surface area contributed by atoms with Crippen LogP contribution in [0.3, 0.4) is 0 Å². The molecule has 0 N–H and O–H groups in total. The minimum atomic E-state index is 0.304. The van der Waals surface area contributed by atoms with Crippen molar-refractivity contribution in [1.29, 1.82) is 0 Å². The van der Waals surface area contributed by atoms with Crippen LogP contribution in [-0.4, -0.2) is 30.3 Å². The highest BCUT2D eigenvalue weighted by atomic mass is 16.1. The average Bonchev–Trinajstić information content (AvgIpc) is 2.99. The Kier molecular flexibility index (Phi) is 4.74. The Morgan fingerprint density at radius 2 is 2.00 bits per heavy atom. The molecule has 0 spiro atoms. The van der Waals surface area contributed by atoms with E-state index < -0.39 is 0 Å². The second-order valence-electron chi connectivity index (χ2n) is 6.87. The lowest BCUT2D eigenvalue weighted by Gasteiger charge is -2.30. The van der Waals surface area contributed by atoms with E-state index in [2.05, 4.69) is 42.2 Å². The molecule has 1 aromatic carbocycles. The zero-order chi connectivity index (χ0) is 14.7. The Morgan fingerprint density at radius 3 is 2.76 bits per heavy atom. The van der Waals surface area contributed by atoms with Crippen molar-refractivity contribution in [1.82, 2.24) is 4.90 Å². The number of hydrogen-bond donors (Lipinski definition) is 0. The van der Waals surface area contributed by atoms with E-state index in [4.69, 9.17) is 0 Å². The van der Waals surface area contributed by atoms with Crippen LogP contribution in [0.5, 0.6) is 0 Å². The van der Waals surface area contributed by atoms with Gasteiger partial charge in [-0.3, -0.25) is 4.79 Å². The zero-order valence-electron chi connectivity index (χ0n) is 13.1. The maximum atomic E-state index is 12.2. The predicted molar refractivity (Wildman–Crippen MR) is 86.4 cm³/mol. The van der Waals surface area contributed by atoms with E-state index in [1.807, 2.05) is 0 Å². The van der Waals surface area contributed by atoms with Gasteiger partial charge in [0.2, 0.25) is 0 Å². The normalized spacial score (nSPS) is 30.7. The van der Waals surface area contributed by atoms with Crippen LogP contribution in [0.25, 0.3) is 0 Å². The van der Waals surface area contributed by atoms with E-state index in [0.29, 0.717) is 17.6 Å². The molecular weight excluding hydrogens is 258 g/mol. The van der Waals surface area contributed by atoms with Crippen molar-refractivity contribution in [3.63, 3.8) is 0 Å². The van der Waals surface area contributed by atoms with E-state index in [9.17, 15) is 4.79 Å². The fourth-order valence-electron chi connectivity index (χ4n) is 4.06. The summed E-state index contributed by atoms with van der Waals surface area (Å²) in [6.07, 6.45) is 5.54. The molecule has 1 saturated heterocycles. The van der Waals surface area contributed by atoms with E-state index in [-0.39, 0.29) is 0 Å². The molecule has 1 aliphatic carbocycles. The third-order valence-electron chi connectivity index (χ3n) is 5.47. The van der Waals surface area contributed by atoms with Crippen molar-refractivity contribution in [2.24, 2.45) is 11.8 Å². The van der Waals surface area contributed by atoms with Crippen LogP contribution in [0.1, 0.15) is 50.5 Å². The smallest absolute Gasteiger partial charge is 0.137 e. The lowest BCUT2D eigenvalue weighted by molar-refractivity contribution is -0.126. The molecule has 0 bridgehead atoms. The van der Waals surface area contributed by atoms with E-state index in [0.717, 1.165) is 44.8 Å². The summed E-state index contributed by atoms with van der Waals surface area (Å²) in [6.45, 7) is 5.54. The molecule has 1 heterocycles. The molecule has 3 rings (SSSR count). The Morgan fingerprint density at radius 1 is 1.19 bits per heavy atom. The largest absolute Gasteiger partial charge is 0.302 e. The molecule has 2 heteroatoms. The van der Waals surface area contributed by atoms with Gasteiger partial charge in [-0.25, -0.2) is 0 Å². The van der Waals surface area contributed by atoms with Crippen molar-refractivity contribution in [2.45, 2.75) is 44.9 Å². The number of benzene rings is 1. The highest BCUT2D eigenvalue weighted by Crippen LogP contribution is 2.32. The first-order valence-corrected chi connectivity index (χ1v) is 8.56. The molecule has 3 unspecified atom stereocenters. The van der Waals surface area contributed by atoms with Crippen molar-refractivity contribution in [3.05, 3.63) is 35.9 Å². The van der Waals surface area contributed by atoms with Crippen LogP contribution in [0, 0.1) is 11.8 Å². The number of rotatable bonds is 4. The molecule has 2 aliphatic rings. The molecule has 0 radical (unpaired) electrons. The summed E-state index contributed by atoms with van der Waals surface area (Å²) in [7, 11) is 0. The van der Waals surface area contributed by atoms with Gasteiger partial charge < -0.3 is 4.90 Å². The number of ketones is 1. The lowest BCUT2D eigenvalue weighted by atomic mass is 9.79. The molecule has 0 amide bonds. The third-order valence-corrected chi connectivity index (χ3v) is 5.47. The van der Waals surface area contributed by atoms with Gasteiger partial charge in [-0.05, 0) is 43.2 Å². The fraction of sp³-hybridized carbons (Fsp3) is 0.632. The summed E-state index contributed by atoms with van der Waals surface area (Å²) in [5.41, 5.74) is 1.46. The third kappa shape index (κ3) is 3.55. The van der Waals surface area contributed by atoms with Gasteiger partial charge in [0.1, 0.15) is 5.78 Å². The second-order valence-corrected chi connectivity index (χ2v) is 6.87. The Balaban J connectivity index is 1.56. The van der Waals surface area contributed by atoms with Gasteiger partial charge in [-0.2, -0.15) is 0 Å². The average molecular weight is 285 g/mol.